The lowest BCUT2D eigenvalue weighted by Crippen LogP contribution is -2.33. The zero-order valence-electron chi connectivity index (χ0n) is 11.9. The molecule has 1 N–H and O–H groups in total. The van der Waals surface area contributed by atoms with Gasteiger partial charge in [-0.15, -0.1) is 0 Å². The van der Waals surface area contributed by atoms with Gasteiger partial charge in [0.1, 0.15) is 6.54 Å². The van der Waals surface area contributed by atoms with Crippen molar-refractivity contribution < 1.29 is 14.7 Å². The van der Waals surface area contributed by atoms with E-state index in [0.717, 1.165) is 5.56 Å². The van der Waals surface area contributed by atoms with Crippen LogP contribution >= 0.6 is 0 Å². The predicted molar refractivity (Wildman–Crippen MR) is 74.1 cm³/mol. The molecule has 1 aromatic carbocycles. The first-order valence-electron chi connectivity index (χ1n) is 6.25. The first kappa shape index (κ1) is 15.2. The Balaban J connectivity index is 2.68. The largest absolute Gasteiger partial charge is 0.480 e. The van der Waals surface area contributed by atoms with E-state index < -0.39 is 5.97 Å². The van der Waals surface area contributed by atoms with Crippen LogP contribution in [0.25, 0.3) is 0 Å². The fourth-order valence-corrected chi connectivity index (χ4v) is 1.72. The van der Waals surface area contributed by atoms with E-state index in [4.69, 9.17) is 5.11 Å². The Labute approximate surface area is 114 Å². The summed E-state index contributed by atoms with van der Waals surface area (Å²) in [4.78, 5) is 23.5. The van der Waals surface area contributed by atoms with E-state index in [1.807, 2.05) is 24.3 Å². The molecule has 0 aliphatic rings. The Morgan fingerprint density at radius 3 is 2.11 bits per heavy atom. The molecule has 19 heavy (non-hydrogen) atoms. The minimum Gasteiger partial charge on any atom is -0.480 e. The summed E-state index contributed by atoms with van der Waals surface area (Å²) in [5.41, 5.74) is 2.20. The molecule has 4 heteroatoms. The van der Waals surface area contributed by atoms with Gasteiger partial charge >= 0.3 is 5.97 Å². The highest BCUT2D eigenvalue weighted by Crippen LogP contribution is 2.22. The molecule has 1 aromatic rings. The molecule has 0 aliphatic heterocycles. The van der Waals surface area contributed by atoms with Crippen molar-refractivity contribution in [3.8, 4) is 0 Å². The second-order valence-corrected chi connectivity index (χ2v) is 5.77. The van der Waals surface area contributed by atoms with E-state index in [9.17, 15) is 9.59 Å². The van der Waals surface area contributed by atoms with Crippen LogP contribution in [0.1, 0.15) is 31.9 Å². The normalized spacial score (nSPS) is 11.2. The number of benzene rings is 1. The Hall–Kier alpha value is -1.84. The number of hydrogen-bond acceptors (Lipinski definition) is 2. The maximum Gasteiger partial charge on any atom is 0.323 e. The Kier molecular flexibility index (Phi) is 4.70. The molecule has 0 heterocycles. The van der Waals surface area contributed by atoms with Gasteiger partial charge in [-0.1, -0.05) is 45.0 Å². The Morgan fingerprint density at radius 1 is 1.16 bits per heavy atom. The first-order chi connectivity index (χ1) is 8.70. The summed E-state index contributed by atoms with van der Waals surface area (Å²) in [6.45, 7) is 6.13. The zero-order chi connectivity index (χ0) is 14.6. The highest BCUT2D eigenvalue weighted by molar-refractivity contribution is 5.82. The zero-order valence-corrected chi connectivity index (χ0v) is 11.9. The maximum absolute atomic E-state index is 11.8. The molecule has 0 saturated carbocycles. The summed E-state index contributed by atoms with van der Waals surface area (Å²) in [6, 6.07) is 7.87. The number of carboxylic acid groups (broad SMARTS) is 1. The van der Waals surface area contributed by atoms with E-state index in [0.29, 0.717) is 0 Å². The minimum absolute atomic E-state index is 0.0860. The van der Waals surface area contributed by atoms with Crippen molar-refractivity contribution in [2.75, 3.05) is 13.6 Å². The number of aliphatic carboxylic acids is 1. The van der Waals surface area contributed by atoms with E-state index in [1.165, 1.54) is 17.5 Å². The number of likely N-dealkylation sites (N-methyl/N-ethyl adjacent to an activating group) is 1. The van der Waals surface area contributed by atoms with Crippen molar-refractivity contribution in [3.05, 3.63) is 35.4 Å². The molecule has 0 bridgehead atoms. The van der Waals surface area contributed by atoms with Crippen LogP contribution in [-0.4, -0.2) is 35.5 Å². The van der Waals surface area contributed by atoms with E-state index in [-0.39, 0.29) is 24.3 Å². The van der Waals surface area contributed by atoms with Crippen LogP contribution in [0.5, 0.6) is 0 Å². The lowest BCUT2D eigenvalue weighted by atomic mass is 9.86. The van der Waals surface area contributed by atoms with Gasteiger partial charge in [-0.2, -0.15) is 0 Å². The van der Waals surface area contributed by atoms with Crippen molar-refractivity contribution in [2.24, 2.45) is 0 Å². The van der Waals surface area contributed by atoms with Gasteiger partial charge in [0.05, 0.1) is 6.42 Å². The monoisotopic (exact) mass is 263 g/mol. The standard InChI is InChI=1S/C15H21NO3/c1-15(2,3)12-7-5-11(6-8-12)9-13(17)16(4)10-14(18)19/h5-8H,9-10H2,1-4H3,(H,18,19). The van der Waals surface area contributed by atoms with Crippen molar-refractivity contribution >= 4 is 11.9 Å². The molecule has 4 nitrogen and oxygen atoms in total. The Bertz CT molecular complexity index is 457. The second-order valence-electron chi connectivity index (χ2n) is 5.77. The molecule has 0 atom stereocenters. The number of nitrogens with zero attached hydrogens (tertiary/aromatic N) is 1. The van der Waals surface area contributed by atoms with Gasteiger partial charge in [-0.25, -0.2) is 0 Å². The molecule has 0 unspecified atom stereocenters. The van der Waals surface area contributed by atoms with Gasteiger partial charge in [0.25, 0.3) is 0 Å². The van der Waals surface area contributed by atoms with Gasteiger partial charge in [0, 0.05) is 7.05 Å². The van der Waals surface area contributed by atoms with Crippen LogP contribution in [0.3, 0.4) is 0 Å². The number of carbonyl (C=O) groups excluding carboxylic acids is 1. The van der Waals surface area contributed by atoms with Crippen LogP contribution in [-0.2, 0) is 21.4 Å². The van der Waals surface area contributed by atoms with E-state index >= 15 is 0 Å². The van der Waals surface area contributed by atoms with Gasteiger partial charge in [-0.05, 0) is 16.5 Å². The Morgan fingerprint density at radius 2 is 1.68 bits per heavy atom. The summed E-state index contributed by atoms with van der Waals surface area (Å²) < 4.78 is 0. The van der Waals surface area contributed by atoms with Crippen molar-refractivity contribution in [2.45, 2.75) is 32.6 Å². The number of rotatable bonds is 4. The molecule has 1 rings (SSSR count). The molecule has 0 aliphatic carbocycles. The summed E-state index contributed by atoms with van der Waals surface area (Å²) >= 11 is 0. The molecule has 0 fully saturated rings. The van der Waals surface area contributed by atoms with Crippen LogP contribution in [0.15, 0.2) is 24.3 Å². The minimum atomic E-state index is -1.00. The van der Waals surface area contributed by atoms with Crippen LogP contribution in [0.2, 0.25) is 0 Å². The van der Waals surface area contributed by atoms with Crippen LogP contribution in [0, 0.1) is 0 Å². The topological polar surface area (TPSA) is 57.6 Å². The van der Waals surface area contributed by atoms with Crippen LogP contribution < -0.4 is 0 Å². The average molecular weight is 263 g/mol. The van der Waals surface area contributed by atoms with E-state index in [1.54, 1.807) is 0 Å². The summed E-state index contributed by atoms with van der Waals surface area (Å²) in [5, 5.41) is 8.63. The van der Waals surface area contributed by atoms with E-state index in [2.05, 4.69) is 20.8 Å². The van der Waals surface area contributed by atoms with Crippen molar-refractivity contribution in [3.63, 3.8) is 0 Å². The molecule has 0 aromatic heterocycles. The van der Waals surface area contributed by atoms with Gasteiger partial charge in [-0.3, -0.25) is 9.59 Å². The molecule has 1 amide bonds. The lowest BCUT2D eigenvalue weighted by Gasteiger charge is -2.19. The fourth-order valence-electron chi connectivity index (χ4n) is 1.72. The van der Waals surface area contributed by atoms with Crippen molar-refractivity contribution in [1.82, 2.24) is 4.90 Å². The summed E-state index contributed by atoms with van der Waals surface area (Å²) in [5.74, 6) is -1.19. The highest BCUT2D eigenvalue weighted by Gasteiger charge is 2.15. The third-order valence-electron chi connectivity index (χ3n) is 2.97. The smallest absolute Gasteiger partial charge is 0.323 e. The summed E-state index contributed by atoms with van der Waals surface area (Å²) in [6.07, 6.45) is 0.230. The maximum atomic E-state index is 11.8. The fraction of sp³-hybridized carbons (Fsp3) is 0.467. The number of carboxylic acids is 1. The first-order valence-corrected chi connectivity index (χ1v) is 6.25. The quantitative estimate of drug-likeness (QED) is 0.904. The van der Waals surface area contributed by atoms with Crippen LogP contribution in [0.4, 0.5) is 0 Å². The number of hydrogen-bond donors (Lipinski definition) is 1. The molecular weight excluding hydrogens is 242 g/mol. The third kappa shape index (κ3) is 4.73. The molecular formula is C15H21NO3. The molecule has 0 radical (unpaired) electrons. The second kappa shape index (κ2) is 5.87. The third-order valence-corrected chi connectivity index (χ3v) is 2.97. The predicted octanol–water partition coefficient (Wildman–Crippen LogP) is 2.07. The lowest BCUT2D eigenvalue weighted by molar-refractivity contribution is -0.143. The van der Waals surface area contributed by atoms with Gasteiger partial charge in [0.15, 0.2) is 0 Å². The molecule has 104 valence electrons. The van der Waals surface area contributed by atoms with Gasteiger partial charge < -0.3 is 10.0 Å². The van der Waals surface area contributed by atoms with Crippen molar-refractivity contribution in [1.29, 1.82) is 0 Å². The summed E-state index contributed by atoms with van der Waals surface area (Å²) in [7, 11) is 1.50. The molecule has 0 saturated heterocycles. The SMILES string of the molecule is CN(CC(=O)O)C(=O)Cc1ccc(C(C)(C)C)cc1. The number of carbonyl (C=O) groups is 2. The highest BCUT2D eigenvalue weighted by atomic mass is 16.4. The molecule has 0 spiro atoms. The average Bonchev–Trinajstić information content (AvgIpc) is 2.27. The number of amides is 1. The van der Waals surface area contributed by atoms with Gasteiger partial charge in [0.2, 0.25) is 5.91 Å².